The summed E-state index contributed by atoms with van der Waals surface area (Å²) < 4.78 is 5.24. The van der Waals surface area contributed by atoms with Gasteiger partial charge in [-0.2, -0.15) is 0 Å². The zero-order valence-corrected chi connectivity index (χ0v) is 13.7. The van der Waals surface area contributed by atoms with Gasteiger partial charge >= 0.3 is 5.97 Å². The van der Waals surface area contributed by atoms with Crippen molar-refractivity contribution in [1.29, 1.82) is 0 Å². The van der Waals surface area contributed by atoms with Gasteiger partial charge in [0, 0.05) is 6.04 Å². The standard InChI is InChI=1S/C17H22N2O4/c1-12(2)18-9-16(21)19(10-15(18)20)13(3)17(22)23-11-14-7-5-4-6-8-14/h4-8,12-13H,9-11H2,1-3H3/t13-/m0/s1. The quantitative estimate of drug-likeness (QED) is 0.765. The first-order chi connectivity index (χ1) is 10.9. The number of rotatable bonds is 5. The summed E-state index contributed by atoms with van der Waals surface area (Å²) in [6.45, 7) is 5.38. The van der Waals surface area contributed by atoms with E-state index < -0.39 is 12.0 Å². The van der Waals surface area contributed by atoms with Crippen LogP contribution in [0.2, 0.25) is 0 Å². The highest BCUT2D eigenvalue weighted by Gasteiger charge is 2.36. The lowest BCUT2D eigenvalue weighted by atomic mass is 10.2. The zero-order valence-electron chi connectivity index (χ0n) is 13.7. The highest BCUT2D eigenvalue weighted by atomic mass is 16.5. The normalized spacial score (nSPS) is 16.7. The first-order valence-corrected chi connectivity index (χ1v) is 7.69. The van der Waals surface area contributed by atoms with Gasteiger partial charge in [0.1, 0.15) is 25.7 Å². The molecule has 1 atom stereocenters. The lowest BCUT2D eigenvalue weighted by Crippen LogP contribution is -2.59. The lowest BCUT2D eigenvalue weighted by molar-refractivity contribution is -0.162. The monoisotopic (exact) mass is 318 g/mol. The fourth-order valence-corrected chi connectivity index (χ4v) is 2.45. The molecule has 0 saturated carbocycles. The van der Waals surface area contributed by atoms with Crippen LogP contribution >= 0.6 is 0 Å². The van der Waals surface area contributed by atoms with Gasteiger partial charge in [0.2, 0.25) is 11.8 Å². The first kappa shape index (κ1) is 17.0. The Balaban J connectivity index is 1.94. The minimum atomic E-state index is -0.774. The van der Waals surface area contributed by atoms with Gasteiger partial charge in [-0.15, -0.1) is 0 Å². The van der Waals surface area contributed by atoms with Crippen molar-refractivity contribution in [3.8, 4) is 0 Å². The maximum Gasteiger partial charge on any atom is 0.328 e. The van der Waals surface area contributed by atoms with Crippen LogP contribution in [-0.4, -0.2) is 52.8 Å². The summed E-state index contributed by atoms with van der Waals surface area (Å²) in [6, 6.07) is 8.51. The number of benzene rings is 1. The number of hydrogen-bond acceptors (Lipinski definition) is 4. The molecule has 124 valence electrons. The Hall–Kier alpha value is -2.37. The Morgan fingerprint density at radius 1 is 1.04 bits per heavy atom. The van der Waals surface area contributed by atoms with Crippen LogP contribution in [0.1, 0.15) is 26.3 Å². The molecule has 6 heteroatoms. The van der Waals surface area contributed by atoms with Crippen molar-refractivity contribution in [3.63, 3.8) is 0 Å². The van der Waals surface area contributed by atoms with Crippen LogP contribution in [0.5, 0.6) is 0 Å². The Morgan fingerprint density at radius 3 is 2.22 bits per heavy atom. The molecule has 0 aromatic heterocycles. The molecule has 0 aliphatic carbocycles. The van der Waals surface area contributed by atoms with Crippen molar-refractivity contribution in [3.05, 3.63) is 35.9 Å². The molecule has 1 aliphatic rings. The second-order valence-electron chi connectivity index (χ2n) is 5.91. The average Bonchev–Trinajstić information content (AvgIpc) is 2.54. The molecule has 1 heterocycles. The Morgan fingerprint density at radius 2 is 1.61 bits per heavy atom. The second-order valence-corrected chi connectivity index (χ2v) is 5.91. The average molecular weight is 318 g/mol. The number of esters is 1. The predicted octanol–water partition coefficient (Wildman–Crippen LogP) is 1.20. The van der Waals surface area contributed by atoms with Crippen molar-refractivity contribution in [2.24, 2.45) is 0 Å². The summed E-state index contributed by atoms with van der Waals surface area (Å²) in [6.07, 6.45) is 0. The van der Waals surface area contributed by atoms with Crippen molar-refractivity contribution in [2.45, 2.75) is 39.5 Å². The van der Waals surface area contributed by atoms with E-state index in [1.807, 2.05) is 44.2 Å². The molecule has 1 fully saturated rings. The van der Waals surface area contributed by atoms with E-state index in [1.54, 1.807) is 6.92 Å². The number of ether oxygens (including phenoxy) is 1. The number of nitrogens with zero attached hydrogens (tertiary/aromatic N) is 2. The Kier molecular flexibility index (Phi) is 5.36. The molecule has 0 spiro atoms. The molecule has 0 unspecified atom stereocenters. The van der Waals surface area contributed by atoms with Crippen LogP contribution < -0.4 is 0 Å². The van der Waals surface area contributed by atoms with Crippen molar-refractivity contribution in [2.75, 3.05) is 13.1 Å². The summed E-state index contributed by atoms with van der Waals surface area (Å²) in [5.41, 5.74) is 0.875. The third-order valence-corrected chi connectivity index (χ3v) is 3.91. The van der Waals surface area contributed by atoms with Crippen LogP contribution in [0.4, 0.5) is 0 Å². The van der Waals surface area contributed by atoms with Crippen molar-refractivity contribution >= 4 is 17.8 Å². The summed E-state index contributed by atoms with van der Waals surface area (Å²) in [5, 5.41) is 0. The number of hydrogen-bond donors (Lipinski definition) is 0. The smallest absolute Gasteiger partial charge is 0.328 e. The SMILES string of the molecule is CC(C)N1CC(=O)N([C@@H](C)C(=O)OCc2ccccc2)CC1=O. The third-order valence-electron chi connectivity index (χ3n) is 3.91. The van der Waals surface area contributed by atoms with Crippen molar-refractivity contribution < 1.29 is 19.1 Å². The van der Waals surface area contributed by atoms with Gasteiger partial charge in [0.25, 0.3) is 0 Å². The second kappa shape index (κ2) is 7.26. The van der Waals surface area contributed by atoms with Crippen LogP contribution in [0, 0.1) is 0 Å². The minimum absolute atomic E-state index is 0.00675. The third kappa shape index (κ3) is 4.09. The van der Waals surface area contributed by atoms with E-state index in [2.05, 4.69) is 0 Å². The van der Waals surface area contributed by atoms with Crippen LogP contribution in [0.15, 0.2) is 30.3 Å². The van der Waals surface area contributed by atoms with Gasteiger partial charge in [-0.25, -0.2) is 4.79 Å². The van der Waals surface area contributed by atoms with Crippen LogP contribution in [0.25, 0.3) is 0 Å². The highest BCUT2D eigenvalue weighted by molar-refractivity contribution is 5.95. The van der Waals surface area contributed by atoms with Gasteiger partial charge in [-0.3, -0.25) is 9.59 Å². The molecular weight excluding hydrogens is 296 g/mol. The Bertz CT molecular complexity index is 586. The Labute approximate surface area is 136 Å². The molecule has 2 amide bonds. The summed E-state index contributed by atoms with van der Waals surface area (Å²) in [4.78, 5) is 39.2. The topological polar surface area (TPSA) is 66.9 Å². The van der Waals surface area contributed by atoms with Crippen LogP contribution in [-0.2, 0) is 25.7 Å². The van der Waals surface area contributed by atoms with E-state index >= 15 is 0 Å². The predicted molar refractivity (Wildman–Crippen MR) is 84.3 cm³/mol. The van der Waals surface area contributed by atoms with Gasteiger partial charge in [-0.1, -0.05) is 30.3 Å². The first-order valence-electron chi connectivity index (χ1n) is 7.69. The van der Waals surface area contributed by atoms with Gasteiger partial charge in [0.15, 0.2) is 0 Å². The van der Waals surface area contributed by atoms with E-state index in [0.717, 1.165) is 5.56 Å². The highest BCUT2D eigenvalue weighted by Crippen LogP contribution is 2.13. The largest absolute Gasteiger partial charge is 0.459 e. The molecule has 1 aromatic rings. The van der Waals surface area contributed by atoms with E-state index in [0.29, 0.717) is 0 Å². The van der Waals surface area contributed by atoms with Gasteiger partial charge in [0.05, 0.1) is 0 Å². The molecule has 0 bridgehead atoms. The molecule has 1 aromatic carbocycles. The maximum absolute atomic E-state index is 12.2. The molecule has 1 aliphatic heterocycles. The fraction of sp³-hybridized carbons (Fsp3) is 0.471. The molecule has 0 N–H and O–H groups in total. The molecule has 23 heavy (non-hydrogen) atoms. The summed E-state index contributed by atoms with van der Waals surface area (Å²) in [7, 11) is 0. The van der Waals surface area contributed by atoms with Crippen molar-refractivity contribution in [1.82, 2.24) is 9.80 Å². The van der Waals surface area contributed by atoms with Gasteiger partial charge in [-0.05, 0) is 26.3 Å². The van der Waals surface area contributed by atoms with E-state index in [-0.39, 0.29) is 37.6 Å². The zero-order chi connectivity index (χ0) is 17.0. The number of carbonyl (C=O) groups is 3. The van der Waals surface area contributed by atoms with E-state index in [1.165, 1.54) is 9.80 Å². The number of carbonyl (C=O) groups excluding carboxylic acids is 3. The van der Waals surface area contributed by atoms with E-state index in [9.17, 15) is 14.4 Å². The molecule has 0 radical (unpaired) electrons. The fourth-order valence-electron chi connectivity index (χ4n) is 2.45. The van der Waals surface area contributed by atoms with E-state index in [4.69, 9.17) is 4.74 Å². The molecule has 2 rings (SSSR count). The lowest BCUT2D eigenvalue weighted by Gasteiger charge is -2.38. The summed E-state index contributed by atoms with van der Waals surface area (Å²) >= 11 is 0. The number of amides is 2. The molecule has 6 nitrogen and oxygen atoms in total. The van der Waals surface area contributed by atoms with Gasteiger partial charge < -0.3 is 14.5 Å². The number of piperazine rings is 1. The maximum atomic E-state index is 12.2. The summed E-state index contributed by atoms with van der Waals surface area (Å²) in [5.74, 6) is -0.891. The molecular formula is C17H22N2O4. The molecule has 1 saturated heterocycles. The minimum Gasteiger partial charge on any atom is -0.459 e. The van der Waals surface area contributed by atoms with Crippen LogP contribution in [0.3, 0.4) is 0 Å².